The second-order valence-electron chi connectivity index (χ2n) is 10.7. The van der Waals surface area contributed by atoms with Crippen molar-refractivity contribution >= 4 is 44.5 Å². The number of halogens is 2. The fourth-order valence-electron chi connectivity index (χ4n) is 5.80. The van der Waals surface area contributed by atoms with Gasteiger partial charge in [-0.15, -0.1) is 11.3 Å². The molecule has 0 spiro atoms. The third kappa shape index (κ3) is 6.51. The first-order valence-electron chi connectivity index (χ1n) is 14.3. The third-order valence-electron chi connectivity index (χ3n) is 8.19. The lowest BCUT2D eigenvalue weighted by Gasteiger charge is -2.31. The van der Waals surface area contributed by atoms with E-state index >= 15 is 4.39 Å². The molecule has 2 atom stereocenters. The molecule has 0 bridgehead atoms. The third-order valence-corrected chi connectivity index (χ3v) is 10.8. The number of benzene rings is 3. The number of sulfonamides is 1. The van der Waals surface area contributed by atoms with Crippen LogP contribution in [0.15, 0.2) is 76.4 Å². The Balaban J connectivity index is 1.41. The SMILES string of the molecule is CC[C@@H](c1ccccc1)N1CCC(N(C)c2cc(F)c(S(=O)(=O)N(Cc3ccc(OC)cc3OC)c3cscn3)cc2Cl)C1. The number of ether oxygens (including phenoxy) is 2. The molecule has 0 aliphatic carbocycles. The first kappa shape index (κ1) is 32.0. The number of likely N-dealkylation sites (N-methyl/N-ethyl adjacent to an activating group) is 1. The second-order valence-corrected chi connectivity index (χ2v) is 13.6. The van der Waals surface area contributed by atoms with Crippen molar-refractivity contribution in [3.63, 3.8) is 0 Å². The van der Waals surface area contributed by atoms with Gasteiger partial charge < -0.3 is 14.4 Å². The van der Waals surface area contributed by atoms with Crippen LogP contribution >= 0.6 is 22.9 Å². The zero-order chi connectivity index (χ0) is 31.4. The predicted octanol–water partition coefficient (Wildman–Crippen LogP) is 7.01. The quantitative estimate of drug-likeness (QED) is 0.162. The Hall–Kier alpha value is -3.38. The molecule has 0 N–H and O–H groups in total. The Kier molecular flexibility index (Phi) is 9.99. The first-order valence-corrected chi connectivity index (χ1v) is 17.1. The molecule has 2 heterocycles. The van der Waals surface area contributed by atoms with Crippen molar-refractivity contribution in [1.29, 1.82) is 0 Å². The van der Waals surface area contributed by atoms with Crippen molar-refractivity contribution in [2.45, 2.75) is 43.3 Å². The summed E-state index contributed by atoms with van der Waals surface area (Å²) in [5.41, 5.74) is 3.80. The molecule has 234 valence electrons. The van der Waals surface area contributed by atoms with Gasteiger partial charge in [-0.05, 0) is 36.6 Å². The van der Waals surface area contributed by atoms with Crippen LogP contribution in [-0.4, -0.2) is 58.7 Å². The maximum Gasteiger partial charge on any atom is 0.268 e. The summed E-state index contributed by atoms with van der Waals surface area (Å²) in [4.78, 5) is 8.10. The molecule has 1 aromatic heterocycles. The zero-order valence-electron chi connectivity index (χ0n) is 25.1. The number of likely N-dealkylation sites (tertiary alicyclic amines) is 1. The summed E-state index contributed by atoms with van der Waals surface area (Å²) < 4.78 is 55.8. The van der Waals surface area contributed by atoms with E-state index < -0.39 is 20.7 Å². The molecule has 12 heteroatoms. The van der Waals surface area contributed by atoms with Gasteiger partial charge in [0.15, 0.2) is 5.82 Å². The minimum atomic E-state index is -4.43. The molecule has 1 aliphatic heterocycles. The number of rotatable bonds is 12. The summed E-state index contributed by atoms with van der Waals surface area (Å²) in [5.74, 6) is 0.267. The largest absolute Gasteiger partial charge is 0.497 e. The van der Waals surface area contributed by atoms with Crippen LogP contribution in [0.5, 0.6) is 11.5 Å². The average Bonchev–Trinajstić information content (AvgIpc) is 3.74. The number of methoxy groups -OCH3 is 2. The Morgan fingerprint density at radius 2 is 1.91 bits per heavy atom. The standard InChI is InChI=1S/C32H36ClFN4O4S2/c1-5-28(22-9-7-6-8-10-22)37-14-13-24(19-37)36(2)29-17-27(34)31(16-26(29)33)44(39,40)38(32-20-43-21-35-32)18-23-11-12-25(41-3)15-30(23)42-4/h6-12,15-17,20-21,24,28H,5,13-14,18-19H2,1-4H3/t24?,28-/m0/s1. The number of thiazole rings is 1. The molecule has 1 fully saturated rings. The molecule has 0 radical (unpaired) electrons. The molecule has 1 unspecified atom stereocenters. The Bertz CT molecular complexity index is 1680. The van der Waals surface area contributed by atoms with Crippen LogP contribution in [0.3, 0.4) is 0 Å². The summed E-state index contributed by atoms with van der Waals surface area (Å²) in [5, 5.41) is 1.75. The fraction of sp³-hybridized carbons (Fsp3) is 0.344. The molecular weight excluding hydrogens is 623 g/mol. The number of hydrogen-bond donors (Lipinski definition) is 0. The van der Waals surface area contributed by atoms with Gasteiger partial charge in [0, 0.05) is 55.3 Å². The average molecular weight is 659 g/mol. The van der Waals surface area contributed by atoms with E-state index in [1.165, 1.54) is 48.8 Å². The fourth-order valence-corrected chi connectivity index (χ4v) is 8.24. The predicted molar refractivity (Wildman–Crippen MR) is 174 cm³/mol. The van der Waals surface area contributed by atoms with Gasteiger partial charge in [0.2, 0.25) is 0 Å². The summed E-state index contributed by atoms with van der Waals surface area (Å²) >= 11 is 7.96. The molecule has 5 rings (SSSR count). The van der Waals surface area contributed by atoms with E-state index in [-0.39, 0.29) is 29.5 Å². The molecule has 8 nitrogen and oxygen atoms in total. The molecule has 0 saturated carbocycles. The summed E-state index contributed by atoms with van der Waals surface area (Å²) in [7, 11) is 0.471. The molecule has 1 aliphatic rings. The van der Waals surface area contributed by atoms with Crippen molar-refractivity contribution in [3.8, 4) is 11.5 Å². The van der Waals surface area contributed by atoms with Crippen molar-refractivity contribution in [3.05, 3.63) is 93.5 Å². The lowest BCUT2D eigenvalue weighted by Crippen LogP contribution is -2.36. The van der Waals surface area contributed by atoms with Crippen LogP contribution in [0.2, 0.25) is 5.02 Å². The van der Waals surface area contributed by atoms with Crippen LogP contribution in [0.25, 0.3) is 0 Å². The van der Waals surface area contributed by atoms with Crippen LogP contribution in [-0.2, 0) is 16.6 Å². The number of hydrogen-bond acceptors (Lipinski definition) is 8. The van der Waals surface area contributed by atoms with Crippen molar-refractivity contribution in [1.82, 2.24) is 9.88 Å². The van der Waals surface area contributed by atoms with E-state index in [9.17, 15) is 8.42 Å². The number of anilines is 2. The van der Waals surface area contributed by atoms with Crippen LogP contribution in [0, 0.1) is 5.82 Å². The molecular formula is C32H36ClFN4O4S2. The van der Waals surface area contributed by atoms with E-state index in [2.05, 4.69) is 41.1 Å². The van der Waals surface area contributed by atoms with Gasteiger partial charge >= 0.3 is 0 Å². The monoisotopic (exact) mass is 658 g/mol. The number of aromatic nitrogens is 1. The van der Waals surface area contributed by atoms with E-state index in [0.29, 0.717) is 22.7 Å². The molecule has 44 heavy (non-hydrogen) atoms. The molecule has 4 aromatic rings. The molecule has 0 amide bonds. The maximum absolute atomic E-state index is 15.9. The summed E-state index contributed by atoms with van der Waals surface area (Å²) in [6.07, 6.45) is 1.85. The Morgan fingerprint density at radius 1 is 1.14 bits per heavy atom. The molecule has 3 aromatic carbocycles. The summed E-state index contributed by atoms with van der Waals surface area (Å²) in [6.45, 7) is 3.71. The van der Waals surface area contributed by atoms with Gasteiger partial charge in [-0.3, -0.25) is 4.90 Å². The highest BCUT2D eigenvalue weighted by Gasteiger charge is 2.34. The smallest absolute Gasteiger partial charge is 0.268 e. The van der Waals surface area contributed by atoms with E-state index in [4.69, 9.17) is 21.1 Å². The van der Waals surface area contributed by atoms with E-state index in [0.717, 1.165) is 30.2 Å². The summed E-state index contributed by atoms with van der Waals surface area (Å²) in [6, 6.07) is 18.3. The highest BCUT2D eigenvalue weighted by atomic mass is 35.5. The highest BCUT2D eigenvalue weighted by Crippen LogP contribution is 2.37. The van der Waals surface area contributed by atoms with Gasteiger partial charge in [0.1, 0.15) is 22.2 Å². The zero-order valence-corrected chi connectivity index (χ0v) is 27.5. The highest BCUT2D eigenvalue weighted by molar-refractivity contribution is 7.92. The lowest BCUT2D eigenvalue weighted by molar-refractivity contribution is 0.236. The Morgan fingerprint density at radius 3 is 2.57 bits per heavy atom. The van der Waals surface area contributed by atoms with E-state index in [1.807, 2.05) is 18.0 Å². The van der Waals surface area contributed by atoms with Crippen LogP contribution in [0.4, 0.5) is 15.9 Å². The van der Waals surface area contributed by atoms with Crippen molar-refractivity contribution in [2.75, 3.05) is 43.6 Å². The minimum Gasteiger partial charge on any atom is -0.497 e. The van der Waals surface area contributed by atoms with E-state index in [1.54, 1.807) is 23.6 Å². The lowest BCUT2D eigenvalue weighted by atomic mass is 10.0. The van der Waals surface area contributed by atoms with Crippen molar-refractivity contribution in [2.24, 2.45) is 0 Å². The van der Waals surface area contributed by atoms with Gasteiger partial charge in [0.05, 0.1) is 37.0 Å². The van der Waals surface area contributed by atoms with Gasteiger partial charge in [-0.2, -0.15) is 0 Å². The van der Waals surface area contributed by atoms with Crippen LogP contribution in [0.1, 0.15) is 36.9 Å². The molecule has 1 saturated heterocycles. The van der Waals surface area contributed by atoms with Crippen LogP contribution < -0.4 is 18.7 Å². The van der Waals surface area contributed by atoms with Gasteiger partial charge in [-0.1, -0.05) is 48.9 Å². The minimum absolute atomic E-state index is 0.0844. The second kappa shape index (κ2) is 13.7. The van der Waals surface area contributed by atoms with Gasteiger partial charge in [-0.25, -0.2) is 22.1 Å². The first-order chi connectivity index (χ1) is 21.2. The normalized spacial score (nSPS) is 16.1. The van der Waals surface area contributed by atoms with Gasteiger partial charge in [0.25, 0.3) is 10.0 Å². The number of nitrogens with zero attached hydrogens (tertiary/aromatic N) is 4. The van der Waals surface area contributed by atoms with Crippen molar-refractivity contribution < 1.29 is 22.3 Å². The topological polar surface area (TPSA) is 75.2 Å². The Labute approximate surface area is 267 Å². The maximum atomic E-state index is 15.9.